The van der Waals surface area contributed by atoms with Crippen LogP contribution in [0.25, 0.3) is 0 Å². The minimum absolute atomic E-state index is 0.0171. The summed E-state index contributed by atoms with van der Waals surface area (Å²) in [5.74, 6) is 1.11. The van der Waals surface area contributed by atoms with Crippen LogP contribution in [-0.4, -0.2) is 50.7 Å². The van der Waals surface area contributed by atoms with Crippen molar-refractivity contribution in [3.05, 3.63) is 59.2 Å². The van der Waals surface area contributed by atoms with Crippen LogP contribution in [0.4, 0.5) is 0 Å². The van der Waals surface area contributed by atoms with Gasteiger partial charge < -0.3 is 24.4 Å². The molecule has 0 fully saturated rings. The summed E-state index contributed by atoms with van der Waals surface area (Å²) in [6.07, 6.45) is 0. The Morgan fingerprint density at radius 1 is 1.21 bits per heavy atom. The molecule has 0 aliphatic carbocycles. The van der Waals surface area contributed by atoms with Crippen LogP contribution >= 0.6 is 0 Å². The van der Waals surface area contributed by atoms with Crippen LogP contribution in [0.2, 0.25) is 0 Å². The van der Waals surface area contributed by atoms with Crippen molar-refractivity contribution in [1.29, 1.82) is 0 Å². The molecule has 7 heteroatoms. The number of rotatable bonds is 7. The third kappa shape index (κ3) is 5.06. The summed E-state index contributed by atoms with van der Waals surface area (Å²) in [6, 6.07) is 12.7. The van der Waals surface area contributed by atoms with Gasteiger partial charge in [-0.3, -0.25) is 9.59 Å². The summed E-state index contributed by atoms with van der Waals surface area (Å²) in [6.45, 7) is 3.21. The minimum atomic E-state index is -0.185. The molecule has 7 nitrogen and oxygen atoms in total. The Kier molecular flexibility index (Phi) is 6.72. The Morgan fingerprint density at radius 3 is 2.66 bits per heavy atom. The molecule has 0 unspecified atom stereocenters. The third-order valence-electron chi connectivity index (χ3n) is 4.92. The number of ether oxygens (including phenoxy) is 3. The highest BCUT2D eigenvalue weighted by Crippen LogP contribution is 2.25. The summed E-state index contributed by atoms with van der Waals surface area (Å²) >= 11 is 0. The summed E-state index contributed by atoms with van der Waals surface area (Å²) in [5, 5.41) is 3.01. The Bertz CT molecular complexity index is 866. The second-order valence-corrected chi connectivity index (χ2v) is 6.89. The van der Waals surface area contributed by atoms with Gasteiger partial charge in [-0.05, 0) is 42.8 Å². The van der Waals surface area contributed by atoms with E-state index in [1.165, 1.54) is 0 Å². The van der Waals surface area contributed by atoms with Gasteiger partial charge in [0.1, 0.15) is 11.5 Å². The van der Waals surface area contributed by atoms with Gasteiger partial charge in [0.15, 0.2) is 6.61 Å². The molecule has 0 aromatic heterocycles. The number of nitrogens with one attached hydrogen (secondary N) is 1. The maximum atomic E-state index is 12.8. The quantitative estimate of drug-likeness (QED) is 0.776. The van der Waals surface area contributed by atoms with E-state index in [0.29, 0.717) is 31.0 Å². The zero-order valence-corrected chi connectivity index (χ0v) is 16.9. The number of benzene rings is 2. The molecule has 2 aromatic rings. The van der Waals surface area contributed by atoms with Gasteiger partial charge in [0, 0.05) is 31.3 Å². The fourth-order valence-corrected chi connectivity index (χ4v) is 3.17. The van der Waals surface area contributed by atoms with E-state index in [-0.39, 0.29) is 24.5 Å². The van der Waals surface area contributed by atoms with Crippen LogP contribution in [-0.2, 0) is 16.1 Å². The van der Waals surface area contributed by atoms with Gasteiger partial charge in [-0.25, -0.2) is 0 Å². The van der Waals surface area contributed by atoms with Crippen molar-refractivity contribution in [2.45, 2.75) is 19.5 Å². The van der Waals surface area contributed by atoms with Crippen LogP contribution in [0.5, 0.6) is 11.5 Å². The molecule has 1 heterocycles. The van der Waals surface area contributed by atoms with Crippen molar-refractivity contribution in [2.24, 2.45) is 0 Å². The summed E-state index contributed by atoms with van der Waals surface area (Å²) in [4.78, 5) is 26.7. The number of fused-ring (bicyclic) bond motifs is 1. The third-order valence-corrected chi connectivity index (χ3v) is 4.92. The Labute approximate surface area is 170 Å². The van der Waals surface area contributed by atoms with E-state index in [1.54, 1.807) is 37.3 Å². The SMILES string of the molecule is COCCN1Cc2cc(C(=O)N[C@H](C)c3ccc(OC)cc3)ccc2OCC1=O. The highest BCUT2D eigenvalue weighted by atomic mass is 16.5. The molecule has 0 bridgehead atoms. The van der Waals surface area contributed by atoms with E-state index in [4.69, 9.17) is 14.2 Å². The molecule has 0 saturated heterocycles. The summed E-state index contributed by atoms with van der Waals surface area (Å²) < 4.78 is 15.8. The zero-order valence-electron chi connectivity index (χ0n) is 16.9. The number of carbonyl (C=O) groups is 2. The predicted octanol–water partition coefficient (Wildman–Crippen LogP) is 2.55. The minimum Gasteiger partial charge on any atom is -0.497 e. The van der Waals surface area contributed by atoms with Gasteiger partial charge in [0.05, 0.1) is 19.8 Å². The first-order chi connectivity index (χ1) is 14.0. The van der Waals surface area contributed by atoms with Gasteiger partial charge >= 0.3 is 0 Å². The van der Waals surface area contributed by atoms with Gasteiger partial charge in [-0.15, -0.1) is 0 Å². The van der Waals surface area contributed by atoms with E-state index in [2.05, 4.69) is 5.32 Å². The molecular weight excluding hydrogens is 372 g/mol. The average Bonchev–Trinajstić information content (AvgIpc) is 2.90. The standard InChI is InChI=1S/C22H26N2O5/c1-15(16-4-7-19(28-3)8-5-16)23-22(26)17-6-9-20-18(12-17)13-24(10-11-27-2)21(25)14-29-20/h4-9,12,15H,10-11,13-14H2,1-3H3,(H,23,26)/t15-/m1/s1. The van der Waals surface area contributed by atoms with Crippen molar-refractivity contribution in [1.82, 2.24) is 10.2 Å². The lowest BCUT2D eigenvalue weighted by Gasteiger charge is -2.19. The maximum absolute atomic E-state index is 12.8. The molecule has 29 heavy (non-hydrogen) atoms. The van der Waals surface area contributed by atoms with Crippen LogP contribution in [0.3, 0.4) is 0 Å². The summed E-state index contributed by atoms with van der Waals surface area (Å²) in [7, 11) is 3.21. The van der Waals surface area contributed by atoms with E-state index in [9.17, 15) is 9.59 Å². The van der Waals surface area contributed by atoms with E-state index in [0.717, 1.165) is 16.9 Å². The molecule has 0 radical (unpaired) electrons. The fraction of sp³-hybridized carbons (Fsp3) is 0.364. The fourth-order valence-electron chi connectivity index (χ4n) is 3.17. The molecule has 1 aliphatic rings. The number of nitrogens with zero attached hydrogens (tertiary/aromatic N) is 1. The van der Waals surface area contributed by atoms with E-state index >= 15 is 0 Å². The van der Waals surface area contributed by atoms with Crippen molar-refractivity contribution >= 4 is 11.8 Å². The molecular formula is C22H26N2O5. The van der Waals surface area contributed by atoms with Crippen LogP contribution in [0.1, 0.15) is 34.5 Å². The van der Waals surface area contributed by atoms with E-state index in [1.807, 2.05) is 31.2 Å². The highest BCUT2D eigenvalue weighted by molar-refractivity contribution is 5.95. The first kappa shape index (κ1) is 20.7. The van der Waals surface area contributed by atoms with Crippen molar-refractivity contribution in [3.63, 3.8) is 0 Å². The highest BCUT2D eigenvalue weighted by Gasteiger charge is 2.22. The Hall–Kier alpha value is -3.06. The monoisotopic (exact) mass is 398 g/mol. The van der Waals surface area contributed by atoms with Crippen LogP contribution in [0, 0.1) is 0 Å². The number of hydrogen-bond donors (Lipinski definition) is 1. The smallest absolute Gasteiger partial charge is 0.260 e. The van der Waals surface area contributed by atoms with Gasteiger partial charge in [0.2, 0.25) is 0 Å². The van der Waals surface area contributed by atoms with Gasteiger partial charge in [-0.2, -0.15) is 0 Å². The molecule has 0 saturated carbocycles. The molecule has 1 aliphatic heterocycles. The zero-order chi connectivity index (χ0) is 20.8. The Morgan fingerprint density at radius 2 is 1.97 bits per heavy atom. The topological polar surface area (TPSA) is 77.1 Å². The molecule has 2 aromatic carbocycles. The van der Waals surface area contributed by atoms with Crippen LogP contribution < -0.4 is 14.8 Å². The first-order valence-electron chi connectivity index (χ1n) is 9.49. The Balaban J connectivity index is 1.72. The van der Waals surface area contributed by atoms with Crippen LogP contribution in [0.15, 0.2) is 42.5 Å². The maximum Gasteiger partial charge on any atom is 0.260 e. The average molecular weight is 398 g/mol. The lowest BCUT2D eigenvalue weighted by molar-refractivity contribution is -0.133. The van der Waals surface area contributed by atoms with E-state index < -0.39 is 0 Å². The lowest BCUT2D eigenvalue weighted by Crippen LogP contribution is -2.34. The second kappa shape index (κ2) is 9.43. The molecule has 0 spiro atoms. The first-order valence-corrected chi connectivity index (χ1v) is 9.49. The number of carbonyl (C=O) groups excluding carboxylic acids is 2. The molecule has 1 N–H and O–H groups in total. The molecule has 2 amide bonds. The van der Waals surface area contributed by atoms with Crippen molar-refractivity contribution in [3.8, 4) is 11.5 Å². The summed E-state index contributed by atoms with van der Waals surface area (Å²) in [5.41, 5.74) is 2.30. The van der Waals surface area contributed by atoms with Crippen molar-refractivity contribution < 1.29 is 23.8 Å². The van der Waals surface area contributed by atoms with Gasteiger partial charge in [-0.1, -0.05) is 12.1 Å². The number of methoxy groups -OCH3 is 2. The second-order valence-electron chi connectivity index (χ2n) is 6.89. The number of amides is 2. The largest absolute Gasteiger partial charge is 0.497 e. The van der Waals surface area contributed by atoms with Crippen molar-refractivity contribution in [2.75, 3.05) is 34.0 Å². The molecule has 3 rings (SSSR count). The lowest BCUT2D eigenvalue weighted by atomic mass is 10.1. The molecule has 154 valence electrons. The normalized spacial score (nSPS) is 14.4. The molecule has 1 atom stereocenters. The number of hydrogen-bond acceptors (Lipinski definition) is 5. The predicted molar refractivity (Wildman–Crippen MR) is 108 cm³/mol. The van der Waals surface area contributed by atoms with Gasteiger partial charge in [0.25, 0.3) is 11.8 Å².